The first-order valence-electron chi connectivity index (χ1n) is 12.7. The summed E-state index contributed by atoms with van der Waals surface area (Å²) in [5, 5.41) is 0. The van der Waals surface area contributed by atoms with E-state index in [2.05, 4.69) is 14.2 Å². The molecule has 0 unspecified atom stereocenters. The zero-order chi connectivity index (χ0) is 32.5. The van der Waals surface area contributed by atoms with Gasteiger partial charge in [0.25, 0.3) is 20.0 Å². The Labute approximate surface area is 249 Å². The van der Waals surface area contributed by atoms with Gasteiger partial charge in [-0.2, -0.15) is 13.2 Å². The van der Waals surface area contributed by atoms with E-state index >= 15 is 0 Å². The molecule has 0 heterocycles. The second kappa shape index (κ2) is 12.0. The molecule has 15 heteroatoms. The highest BCUT2D eigenvalue weighted by Crippen LogP contribution is 2.35. The van der Waals surface area contributed by atoms with Crippen molar-refractivity contribution >= 4 is 31.4 Å². The standard InChI is InChI=1S/C29H24F6N2O5S2/c1-18(2)19-5-3-6-20(15-19)21-9-14-26(36-43(38,39)24-12-10-23(11-13-24)42-29(33,34)35)27(16-21)37-44(40,41)25-8-4-7-22(17-25)28(30,31)32/h3-18,36-37H,1-2H3. The highest BCUT2D eigenvalue weighted by atomic mass is 32.2. The summed E-state index contributed by atoms with van der Waals surface area (Å²) in [4.78, 5) is -1.21. The first kappa shape index (κ1) is 32.7. The Kier molecular flexibility index (Phi) is 8.94. The van der Waals surface area contributed by atoms with Crippen LogP contribution in [-0.2, 0) is 26.2 Å². The monoisotopic (exact) mass is 658 g/mol. The Bertz CT molecular complexity index is 1870. The highest BCUT2D eigenvalue weighted by molar-refractivity contribution is 7.93. The molecule has 234 valence electrons. The van der Waals surface area contributed by atoms with Crippen molar-refractivity contribution in [2.45, 2.75) is 42.1 Å². The molecular formula is C29H24F6N2O5S2. The van der Waals surface area contributed by atoms with E-state index in [0.717, 1.165) is 42.0 Å². The third kappa shape index (κ3) is 8.02. The van der Waals surface area contributed by atoms with Crippen LogP contribution in [0.3, 0.4) is 0 Å². The van der Waals surface area contributed by atoms with Crippen molar-refractivity contribution in [1.82, 2.24) is 0 Å². The normalized spacial score (nSPS) is 12.7. The number of halogens is 6. The average molecular weight is 659 g/mol. The van der Waals surface area contributed by atoms with Gasteiger partial charge in [0.2, 0.25) is 0 Å². The van der Waals surface area contributed by atoms with Gasteiger partial charge >= 0.3 is 12.5 Å². The van der Waals surface area contributed by atoms with Crippen LogP contribution in [0.4, 0.5) is 37.7 Å². The Hall–Kier alpha value is -4.24. The maximum Gasteiger partial charge on any atom is 0.573 e. The second-order valence-corrected chi connectivity index (χ2v) is 13.2. The number of ether oxygens (including phenoxy) is 1. The molecule has 0 atom stereocenters. The number of benzene rings is 4. The van der Waals surface area contributed by atoms with Gasteiger partial charge in [0, 0.05) is 0 Å². The lowest BCUT2D eigenvalue weighted by atomic mass is 9.97. The average Bonchev–Trinajstić information content (AvgIpc) is 2.93. The molecule has 2 N–H and O–H groups in total. The van der Waals surface area contributed by atoms with Gasteiger partial charge in [0.15, 0.2) is 0 Å². The minimum Gasteiger partial charge on any atom is -0.406 e. The van der Waals surface area contributed by atoms with Gasteiger partial charge in [0.1, 0.15) is 5.75 Å². The molecule has 7 nitrogen and oxygen atoms in total. The number of anilines is 2. The van der Waals surface area contributed by atoms with Crippen LogP contribution < -0.4 is 14.2 Å². The van der Waals surface area contributed by atoms with Crippen LogP contribution >= 0.6 is 0 Å². The quantitative estimate of drug-likeness (QED) is 0.178. The fraction of sp³-hybridized carbons (Fsp3) is 0.172. The largest absolute Gasteiger partial charge is 0.573 e. The molecule has 0 aliphatic rings. The predicted molar refractivity (Wildman–Crippen MR) is 152 cm³/mol. The van der Waals surface area contributed by atoms with Crippen molar-refractivity contribution in [3.05, 3.63) is 102 Å². The lowest BCUT2D eigenvalue weighted by Crippen LogP contribution is -2.19. The summed E-state index contributed by atoms with van der Waals surface area (Å²) in [7, 11) is -9.20. The van der Waals surface area contributed by atoms with Crippen LogP contribution in [0.2, 0.25) is 0 Å². The Morgan fingerprint density at radius 3 is 1.84 bits per heavy atom. The molecule has 0 amide bonds. The van der Waals surface area contributed by atoms with Crippen LogP contribution in [-0.4, -0.2) is 23.2 Å². The molecule has 0 fully saturated rings. The van der Waals surface area contributed by atoms with Gasteiger partial charge in [-0.05, 0) is 77.2 Å². The molecule has 4 aromatic rings. The third-order valence-electron chi connectivity index (χ3n) is 6.23. The minimum absolute atomic E-state index is 0.146. The van der Waals surface area contributed by atoms with Gasteiger partial charge in [-0.15, -0.1) is 13.2 Å². The Morgan fingerprint density at radius 1 is 0.636 bits per heavy atom. The van der Waals surface area contributed by atoms with E-state index in [0.29, 0.717) is 23.3 Å². The van der Waals surface area contributed by atoms with Gasteiger partial charge in [-0.3, -0.25) is 9.44 Å². The van der Waals surface area contributed by atoms with Crippen LogP contribution in [0.1, 0.15) is 30.9 Å². The van der Waals surface area contributed by atoms with Crippen molar-refractivity contribution in [3.63, 3.8) is 0 Å². The first-order valence-corrected chi connectivity index (χ1v) is 15.6. The summed E-state index contributed by atoms with van der Waals surface area (Å²) < 4.78 is 138. The maximum absolute atomic E-state index is 13.3. The molecule has 0 saturated carbocycles. The molecule has 0 aliphatic heterocycles. The molecular weight excluding hydrogens is 634 g/mol. The predicted octanol–water partition coefficient (Wildman–Crippen LogP) is 8.00. The lowest BCUT2D eigenvalue weighted by molar-refractivity contribution is -0.274. The molecule has 0 aliphatic carbocycles. The van der Waals surface area contributed by atoms with Crippen molar-refractivity contribution in [3.8, 4) is 16.9 Å². The Morgan fingerprint density at radius 2 is 1.23 bits per heavy atom. The van der Waals surface area contributed by atoms with E-state index in [9.17, 15) is 43.2 Å². The van der Waals surface area contributed by atoms with Gasteiger partial charge < -0.3 is 4.74 Å². The Balaban J connectivity index is 1.76. The molecule has 0 aromatic heterocycles. The van der Waals surface area contributed by atoms with Crippen LogP contribution in [0.15, 0.2) is 101 Å². The van der Waals surface area contributed by atoms with Crippen molar-refractivity contribution in [2.75, 3.05) is 9.44 Å². The second-order valence-electron chi connectivity index (χ2n) is 9.80. The van der Waals surface area contributed by atoms with Crippen LogP contribution in [0, 0.1) is 0 Å². The molecule has 0 spiro atoms. The van der Waals surface area contributed by atoms with Gasteiger partial charge in [0.05, 0.1) is 26.7 Å². The zero-order valence-corrected chi connectivity index (χ0v) is 24.5. The summed E-state index contributed by atoms with van der Waals surface area (Å²) in [6.45, 7) is 3.93. The summed E-state index contributed by atoms with van der Waals surface area (Å²) in [6, 6.07) is 17.6. The van der Waals surface area contributed by atoms with Gasteiger partial charge in [-0.25, -0.2) is 16.8 Å². The summed E-state index contributed by atoms with van der Waals surface area (Å²) in [5.41, 5.74) is 0.210. The summed E-state index contributed by atoms with van der Waals surface area (Å²) >= 11 is 0. The number of hydrogen-bond donors (Lipinski definition) is 2. The fourth-order valence-corrected chi connectivity index (χ4v) is 6.24. The van der Waals surface area contributed by atoms with E-state index in [4.69, 9.17) is 0 Å². The minimum atomic E-state index is -5.00. The van der Waals surface area contributed by atoms with E-state index < -0.39 is 53.7 Å². The van der Waals surface area contributed by atoms with E-state index in [-0.39, 0.29) is 17.3 Å². The van der Waals surface area contributed by atoms with Crippen molar-refractivity contribution in [1.29, 1.82) is 0 Å². The molecule has 4 rings (SSSR count). The van der Waals surface area contributed by atoms with Crippen LogP contribution in [0.25, 0.3) is 11.1 Å². The third-order valence-corrected chi connectivity index (χ3v) is 8.98. The number of alkyl halides is 6. The molecule has 4 aromatic carbocycles. The van der Waals surface area contributed by atoms with E-state index in [1.807, 2.05) is 26.0 Å². The summed E-state index contributed by atoms with van der Waals surface area (Å²) in [5.74, 6) is -0.521. The lowest BCUT2D eigenvalue weighted by Gasteiger charge is -2.17. The maximum atomic E-state index is 13.3. The fourth-order valence-electron chi connectivity index (χ4n) is 4.04. The number of hydrogen-bond acceptors (Lipinski definition) is 5. The topological polar surface area (TPSA) is 102 Å². The summed E-state index contributed by atoms with van der Waals surface area (Å²) in [6.07, 6.45) is -9.82. The highest BCUT2D eigenvalue weighted by Gasteiger charge is 2.32. The number of sulfonamides is 2. The zero-order valence-electron chi connectivity index (χ0n) is 22.9. The van der Waals surface area contributed by atoms with Crippen molar-refractivity contribution in [2.24, 2.45) is 0 Å². The molecule has 0 radical (unpaired) electrons. The van der Waals surface area contributed by atoms with E-state index in [1.165, 1.54) is 18.2 Å². The van der Waals surface area contributed by atoms with Crippen LogP contribution in [0.5, 0.6) is 5.75 Å². The molecule has 0 saturated heterocycles. The first-order chi connectivity index (χ1) is 20.3. The SMILES string of the molecule is CC(C)c1cccc(-c2ccc(NS(=O)(=O)c3ccc(OC(F)(F)F)cc3)c(NS(=O)(=O)c3cccc(C(F)(F)F)c3)c2)c1. The smallest absolute Gasteiger partial charge is 0.406 e. The van der Waals surface area contributed by atoms with Gasteiger partial charge in [-0.1, -0.05) is 50.2 Å². The molecule has 44 heavy (non-hydrogen) atoms. The van der Waals surface area contributed by atoms with E-state index in [1.54, 1.807) is 12.1 Å². The number of rotatable bonds is 9. The van der Waals surface area contributed by atoms with Crippen molar-refractivity contribution < 1.29 is 47.9 Å². The number of nitrogens with one attached hydrogen (secondary N) is 2. The molecule has 0 bridgehead atoms.